The summed E-state index contributed by atoms with van der Waals surface area (Å²) in [6.07, 6.45) is -0.132. The minimum Gasteiger partial charge on any atom is -0.497 e. The second kappa shape index (κ2) is 10.4. The molecule has 2 amide bonds. The number of rotatable bonds is 9. The molecule has 0 bridgehead atoms. The summed E-state index contributed by atoms with van der Waals surface area (Å²) in [5.74, 6) is -0.958. The number of amides is 2. The number of ether oxygens (including phenoxy) is 2. The molecule has 1 rings (SSSR count). The Bertz CT molecular complexity index is 613. The molecule has 0 aliphatic heterocycles. The van der Waals surface area contributed by atoms with Crippen LogP contribution in [0.4, 0.5) is 0 Å². The monoisotopic (exact) mass is 364 g/mol. The zero-order chi connectivity index (χ0) is 19.7. The predicted octanol–water partition coefficient (Wildman–Crippen LogP) is 1.91. The van der Waals surface area contributed by atoms with Gasteiger partial charge in [0.1, 0.15) is 11.8 Å². The highest BCUT2D eigenvalue weighted by Gasteiger charge is 2.29. The lowest BCUT2D eigenvalue weighted by molar-refractivity contribution is -0.157. The molecule has 0 spiro atoms. The molecule has 2 N–H and O–H groups in total. The standard InChI is InChI=1S/C19H28N2O5/c1-6-11-20-17(22)13(4)26-19(24)16(12(2)3)21-18(23)14-7-9-15(25-5)10-8-14/h7-10,12-13,16H,6,11H2,1-5H3,(H,20,22)(H,21,23)/t13-,16+/m1/s1. The van der Waals surface area contributed by atoms with Crippen molar-refractivity contribution in [1.29, 1.82) is 0 Å². The number of hydrogen-bond acceptors (Lipinski definition) is 5. The molecule has 0 aromatic heterocycles. The highest BCUT2D eigenvalue weighted by molar-refractivity contribution is 5.97. The Labute approximate surface area is 154 Å². The zero-order valence-electron chi connectivity index (χ0n) is 16.0. The Morgan fingerprint density at radius 1 is 1.08 bits per heavy atom. The normalized spacial score (nSPS) is 12.8. The molecular weight excluding hydrogens is 336 g/mol. The van der Waals surface area contributed by atoms with Crippen molar-refractivity contribution in [2.24, 2.45) is 5.92 Å². The van der Waals surface area contributed by atoms with Gasteiger partial charge in [0, 0.05) is 12.1 Å². The van der Waals surface area contributed by atoms with E-state index in [0.29, 0.717) is 17.9 Å². The molecule has 0 saturated carbocycles. The van der Waals surface area contributed by atoms with E-state index in [-0.39, 0.29) is 11.8 Å². The minimum absolute atomic E-state index is 0.199. The maximum Gasteiger partial charge on any atom is 0.329 e. The molecule has 1 aromatic carbocycles. The fraction of sp³-hybridized carbons (Fsp3) is 0.526. The van der Waals surface area contributed by atoms with E-state index >= 15 is 0 Å². The number of esters is 1. The summed E-state index contributed by atoms with van der Waals surface area (Å²) in [6.45, 7) is 7.54. The first-order valence-electron chi connectivity index (χ1n) is 8.73. The van der Waals surface area contributed by atoms with E-state index in [9.17, 15) is 14.4 Å². The van der Waals surface area contributed by atoms with E-state index in [0.717, 1.165) is 6.42 Å². The van der Waals surface area contributed by atoms with Crippen molar-refractivity contribution in [3.05, 3.63) is 29.8 Å². The summed E-state index contributed by atoms with van der Waals surface area (Å²) in [4.78, 5) is 36.6. The maximum absolute atomic E-state index is 12.4. The van der Waals surface area contributed by atoms with Crippen molar-refractivity contribution in [3.8, 4) is 5.75 Å². The van der Waals surface area contributed by atoms with Crippen LogP contribution in [0, 0.1) is 5.92 Å². The van der Waals surface area contributed by atoms with Gasteiger partial charge in [0.05, 0.1) is 7.11 Å². The summed E-state index contributed by atoms with van der Waals surface area (Å²) in [5.41, 5.74) is 0.401. The molecule has 0 aliphatic rings. The van der Waals surface area contributed by atoms with Gasteiger partial charge in [-0.1, -0.05) is 20.8 Å². The first kappa shape index (κ1) is 21.5. The van der Waals surface area contributed by atoms with Crippen LogP contribution < -0.4 is 15.4 Å². The number of hydrogen-bond donors (Lipinski definition) is 2. The predicted molar refractivity (Wildman–Crippen MR) is 97.9 cm³/mol. The van der Waals surface area contributed by atoms with Crippen LogP contribution >= 0.6 is 0 Å². The van der Waals surface area contributed by atoms with E-state index in [2.05, 4.69) is 10.6 Å². The summed E-state index contributed by atoms with van der Waals surface area (Å²) < 4.78 is 10.3. The van der Waals surface area contributed by atoms with Crippen LogP contribution in [0.1, 0.15) is 44.5 Å². The molecule has 7 nitrogen and oxygen atoms in total. The number of methoxy groups -OCH3 is 1. The maximum atomic E-state index is 12.4. The molecule has 26 heavy (non-hydrogen) atoms. The lowest BCUT2D eigenvalue weighted by Crippen LogP contribution is -2.47. The van der Waals surface area contributed by atoms with Crippen molar-refractivity contribution in [1.82, 2.24) is 10.6 Å². The molecule has 0 radical (unpaired) electrons. The number of carbonyl (C=O) groups excluding carboxylic acids is 3. The summed E-state index contributed by atoms with van der Waals surface area (Å²) in [7, 11) is 1.54. The summed E-state index contributed by atoms with van der Waals surface area (Å²) in [5, 5.41) is 5.34. The van der Waals surface area contributed by atoms with E-state index in [1.807, 2.05) is 6.92 Å². The smallest absolute Gasteiger partial charge is 0.329 e. The van der Waals surface area contributed by atoms with Gasteiger partial charge in [-0.15, -0.1) is 0 Å². The molecule has 144 valence electrons. The molecule has 0 saturated heterocycles. The molecule has 0 heterocycles. The van der Waals surface area contributed by atoms with Gasteiger partial charge in [0.2, 0.25) is 0 Å². The fourth-order valence-corrected chi connectivity index (χ4v) is 2.16. The third kappa shape index (κ3) is 6.38. The van der Waals surface area contributed by atoms with Gasteiger partial charge >= 0.3 is 5.97 Å². The Morgan fingerprint density at radius 3 is 2.19 bits per heavy atom. The van der Waals surface area contributed by atoms with Crippen LogP contribution in [0.15, 0.2) is 24.3 Å². The first-order valence-corrected chi connectivity index (χ1v) is 8.73. The average molecular weight is 364 g/mol. The minimum atomic E-state index is -0.923. The van der Waals surface area contributed by atoms with Gasteiger partial charge in [0.15, 0.2) is 6.10 Å². The number of nitrogens with one attached hydrogen (secondary N) is 2. The third-order valence-corrected chi connectivity index (χ3v) is 3.77. The van der Waals surface area contributed by atoms with Gasteiger partial charge in [-0.05, 0) is 43.5 Å². The zero-order valence-corrected chi connectivity index (χ0v) is 16.0. The molecular formula is C19H28N2O5. The number of carbonyl (C=O) groups is 3. The molecule has 0 unspecified atom stereocenters. The lowest BCUT2D eigenvalue weighted by Gasteiger charge is -2.23. The van der Waals surface area contributed by atoms with Crippen LogP contribution in [0.25, 0.3) is 0 Å². The second-order valence-electron chi connectivity index (χ2n) is 6.29. The topological polar surface area (TPSA) is 93.7 Å². The van der Waals surface area contributed by atoms with Crippen LogP contribution in [-0.2, 0) is 14.3 Å². The summed E-state index contributed by atoms with van der Waals surface area (Å²) >= 11 is 0. The molecule has 0 aliphatic carbocycles. The number of benzene rings is 1. The molecule has 0 fully saturated rings. The second-order valence-corrected chi connectivity index (χ2v) is 6.29. The van der Waals surface area contributed by atoms with Crippen LogP contribution in [0.5, 0.6) is 5.75 Å². The van der Waals surface area contributed by atoms with Gasteiger partial charge in [0.25, 0.3) is 11.8 Å². The van der Waals surface area contributed by atoms with Crippen LogP contribution in [-0.4, -0.2) is 43.6 Å². The highest BCUT2D eigenvalue weighted by Crippen LogP contribution is 2.13. The molecule has 1 aromatic rings. The van der Waals surface area contributed by atoms with Gasteiger partial charge in [-0.3, -0.25) is 9.59 Å². The van der Waals surface area contributed by atoms with Gasteiger partial charge in [-0.25, -0.2) is 4.79 Å². The van der Waals surface area contributed by atoms with Crippen molar-refractivity contribution in [2.75, 3.05) is 13.7 Å². The van der Waals surface area contributed by atoms with Crippen molar-refractivity contribution < 1.29 is 23.9 Å². The van der Waals surface area contributed by atoms with Gasteiger partial charge < -0.3 is 20.1 Å². The van der Waals surface area contributed by atoms with E-state index in [4.69, 9.17) is 9.47 Å². The SMILES string of the molecule is CCCNC(=O)[C@@H](C)OC(=O)[C@@H](NC(=O)c1ccc(OC)cc1)C(C)C. The molecule has 7 heteroatoms. The van der Waals surface area contributed by atoms with Crippen molar-refractivity contribution in [3.63, 3.8) is 0 Å². The molecule has 2 atom stereocenters. The highest BCUT2D eigenvalue weighted by atomic mass is 16.5. The Kier molecular flexibility index (Phi) is 8.61. The first-order chi connectivity index (χ1) is 12.3. The van der Waals surface area contributed by atoms with Crippen molar-refractivity contribution >= 4 is 17.8 Å². The average Bonchev–Trinajstić information content (AvgIpc) is 2.63. The van der Waals surface area contributed by atoms with E-state index < -0.39 is 24.0 Å². The largest absolute Gasteiger partial charge is 0.497 e. The third-order valence-electron chi connectivity index (χ3n) is 3.77. The van der Waals surface area contributed by atoms with Crippen LogP contribution in [0.3, 0.4) is 0 Å². The van der Waals surface area contributed by atoms with E-state index in [1.165, 1.54) is 14.0 Å². The van der Waals surface area contributed by atoms with Crippen molar-refractivity contribution in [2.45, 2.75) is 46.3 Å². The van der Waals surface area contributed by atoms with E-state index in [1.54, 1.807) is 38.1 Å². The Morgan fingerprint density at radius 2 is 1.69 bits per heavy atom. The Balaban J connectivity index is 2.73. The lowest BCUT2D eigenvalue weighted by atomic mass is 10.0. The van der Waals surface area contributed by atoms with Gasteiger partial charge in [-0.2, -0.15) is 0 Å². The summed E-state index contributed by atoms with van der Waals surface area (Å²) in [6, 6.07) is 5.69. The van der Waals surface area contributed by atoms with Crippen LogP contribution in [0.2, 0.25) is 0 Å². The Hall–Kier alpha value is -2.57. The quantitative estimate of drug-likeness (QED) is 0.653. The fourth-order valence-electron chi connectivity index (χ4n) is 2.16.